The van der Waals surface area contributed by atoms with E-state index in [4.69, 9.17) is 0 Å². The molecule has 0 radical (unpaired) electrons. The van der Waals surface area contributed by atoms with Gasteiger partial charge in [-0.3, -0.25) is 9.59 Å². The first kappa shape index (κ1) is 16.5. The second kappa shape index (κ2) is 7.01. The van der Waals surface area contributed by atoms with Crippen LogP contribution in [0, 0.1) is 6.92 Å². The van der Waals surface area contributed by atoms with E-state index in [1.54, 1.807) is 11.8 Å². The van der Waals surface area contributed by atoms with E-state index in [-0.39, 0.29) is 22.9 Å². The number of carbonyl (C=O) groups is 1. The summed E-state index contributed by atoms with van der Waals surface area (Å²) in [7, 11) is 0. The van der Waals surface area contributed by atoms with E-state index in [0.29, 0.717) is 13.1 Å². The summed E-state index contributed by atoms with van der Waals surface area (Å²) in [6.07, 6.45) is 2.52. The van der Waals surface area contributed by atoms with Crippen LogP contribution in [0.4, 0.5) is 0 Å². The molecule has 0 spiro atoms. The van der Waals surface area contributed by atoms with Crippen LogP contribution in [0.15, 0.2) is 41.3 Å². The summed E-state index contributed by atoms with van der Waals surface area (Å²) >= 11 is 0. The molecule has 0 aliphatic carbocycles. The minimum Gasteiger partial charge on any atom is -0.364 e. The van der Waals surface area contributed by atoms with Crippen molar-refractivity contribution in [3.63, 3.8) is 0 Å². The fourth-order valence-electron chi connectivity index (χ4n) is 3.12. The zero-order valence-corrected chi connectivity index (χ0v) is 14.1. The number of hydrogen-bond donors (Lipinski definition) is 2. The standard InChI is InChI=1S/C19H23N3O2/c1-3-14-4-6-15(7-5-14)17-12-20-8-9-22(17)19(24)16-11-21-13(2)10-18(16)23/h4-7,10-11,17,20H,3,8-9,12H2,1-2H3,(H,21,23). The molecule has 5 heteroatoms. The number of amides is 1. The van der Waals surface area contributed by atoms with Gasteiger partial charge in [0.25, 0.3) is 5.91 Å². The third-order valence-electron chi connectivity index (χ3n) is 4.56. The molecule has 1 unspecified atom stereocenters. The number of nitrogens with one attached hydrogen (secondary N) is 2. The number of pyridine rings is 1. The van der Waals surface area contributed by atoms with Crippen LogP contribution >= 0.6 is 0 Å². The van der Waals surface area contributed by atoms with Gasteiger partial charge in [-0.2, -0.15) is 0 Å². The summed E-state index contributed by atoms with van der Waals surface area (Å²) in [6, 6.07) is 9.78. The van der Waals surface area contributed by atoms with E-state index in [0.717, 1.165) is 24.2 Å². The number of rotatable bonds is 3. The molecule has 1 aliphatic rings. The van der Waals surface area contributed by atoms with Gasteiger partial charge in [-0.1, -0.05) is 31.2 Å². The Hall–Kier alpha value is -2.40. The summed E-state index contributed by atoms with van der Waals surface area (Å²) in [4.78, 5) is 29.9. The quantitative estimate of drug-likeness (QED) is 0.907. The maximum absolute atomic E-state index is 12.9. The molecule has 0 bridgehead atoms. The SMILES string of the molecule is CCc1ccc(C2CNCCN2C(=O)c2c[nH]c(C)cc2=O)cc1. The number of piperazine rings is 1. The fourth-order valence-corrected chi connectivity index (χ4v) is 3.12. The second-order valence-corrected chi connectivity index (χ2v) is 6.21. The van der Waals surface area contributed by atoms with Gasteiger partial charge in [0.2, 0.25) is 0 Å². The Balaban J connectivity index is 1.91. The molecule has 1 saturated heterocycles. The van der Waals surface area contributed by atoms with Crippen LogP contribution in [-0.4, -0.2) is 35.4 Å². The minimum absolute atomic E-state index is 0.0575. The normalized spacial score (nSPS) is 17.8. The Bertz CT molecular complexity index is 780. The fraction of sp³-hybridized carbons (Fsp3) is 0.368. The number of aromatic nitrogens is 1. The molecular weight excluding hydrogens is 302 g/mol. The predicted octanol–water partition coefficient (Wildman–Crippen LogP) is 2.03. The highest BCUT2D eigenvalue weighted by atomic mass is 16.2. The topological polar surface area (TPSA) is 65.2 Å². The molecule has 1 aromatic carbocycles. The lowest BCUT2D eigenvalue weighted by Crippen LogP contribution is -2.49. The van der Waals surface area contributed by atoms with Crippen molar-refractivity contribution in [2.45, 2.75) is 26.3 Å². The van der Waals surface area contributed by atoms with Crippen molar-refractivity contribution in [2.75, 3.05) is 19.6 Å². The first-order valence-electron chi connectivity index (χ1n) is 8.40. The summed E-state index contributed by atoms with van der Waals surface area (Å²) in [6.45, 7) is 5.95. The average Bonchev–Trinajstić information content (AvgIpc) is 2.61. The summed E-state index contributed by atoms with van der Waals surface area (Å²) in [5.74, 6) is -0.206. The summed E-state index contributed by atoms with van der Waals surface area (Å²) < 4.78 is 0. The zero-order chi connectivity index (χ0) is 17.1. The highest BCUT2D eigenvalue weighted by Gasteiger charge is 2.29. The molecule has 2 N–H and O–H groups in total. The highest BCUT2D eigenvalue weighted by Crippen LogP contribution is 2.24. The van der Waals surface area contributed by atoms with Crippen molar-refractivity contribution in [3.8, 4) is 0 Å². The van der Waals surface area contributed by atoms with Crippen LogP contribution in [0.25, 0.3) is 0 Å². The van der Waals surface area contributed by atoms with E-state index in [1.807, 2.05) is 0 Å². The number of H-pyrrole nitrogens is 1. The molecule has 1 fully saturated rings. The molecule has 2 heterocycles. The minimum atomic E-state index is -0.227. The summed E-state index contributed by atoms with van der Waals surface area (Å²) in [5.41, 5.74) is 3.10. The lowest BCUT2D eigenvalue weighted by atomic mass is 10.00. The Morgan fingerprint density at radius 1 is 1.29 bits per heavy atom. The van der Waals surface area contributed by atoms with E-state index in [1.165, 1.54) is 17.8 Å². The van der Waals surface area contributed by atoms with E-state index < -0.39 is 0 Å². The maximum atomic E-state index is 12.9. The van der Waals surface area contributed by atoms with Gasteiger partial charge >= 0.3 is 0 Å². The molecule has 24 heavy (non-hydrogen) atoms. The van der Waals surface area contributed by atoms with Crippen molar-refractivity contribution >= 4 is 5.91 Å². The largest absolute Gasteiger partial charge is 0.364 e. The molecule has 1 aromatic heterocycles. The molecule has 3 rings (SSSR count). The number of carbonyl (C=O) groups excluding carboxylic acids is 1. The van der Waals surface area contributed by atoms with Crippen LogP contribution in [0.2, 0.25) is 0 Å². The number of aromatic amines is 1. The first-order chi connectivity index (χ1) is 11.6. The Labute approximate surface area is 141 Å². The van der Waals surface area contributed by atoms with Gasteiger partial charge in [0, 0.05) is 37.6 Å². The van der Waals surface area contributed by atoms with Crippen LogP contribution in [0.3, 0.4) is 0 Å². The smallest absolute Gasteiger partial charge is 0.259 e. The lowest BCUT2D eigenvalue weighted by molar-refractivity contribution is 0.0632. The van der Waals surface area contributed by atoms with Gasteiger partial charge in [0.1, 0.15) is 5.56 Å². The van der Waals surface area contributed by atoms with Crippen LogP contribution in [0.5, 0.6) is 0 Å². The monoisotopic (exact) mass is 325 g/mol. The second-order valence-electron chi connectivity index (χ2n) is 6.21. The molecular formula is C19H23N3O2. The number of hydrogen-bond acceptors (Lipinski definition) is 3. The van der Waals surface area contributed by atoms with E-state index in [2.05, 4.69) is 41.5 Å². The van der Waals surface area contributed by atoms with E-state index in [9.17, 15) is 9.59 Å². The Morgan fingerprint density at radius 3 is 2.71 bits per heavy atom. The Morgan fingerprint density at radius 2 is 2.04 bits per heavy atom. The van der Waals surface area contributed by atoms with Crippen molar-refractivity contribution in [2.24, 2.45) is 0 Å². The Kier molecular flexibility index (Phi) is 4.81. The van der Waals surface area contributed by atoms with Crippen molar-refractivity contribution in [3.05, 3.63) is 69.1 Å². The van der Waals surface area contributed by atoms with Gasteiger partial charge in [-0.25, -0.2) is 0 Å². The van der Waals surface area contributed by atoms with Gasteiger partial charge in [-0.15, -0.1) is 0 Å². The third kappa shape index (κ3) is 3.26. The van der Waals surface area contributed by atoms with Crippen LogP contribution in [-0.2, 0) is 6.42 Å². The molecule has 1 atom stereocenters. The first-order valence-corrected chi connectivity index (χ1v) is 8.40. The molecule has 126 valence electrons. The van der Waals surface area contributed by atoms with Gasteiger partial charge in [0.05, 0.1) is 6.04 Å². The molecule has 1 amide bonds. The number of aryl methyl sites for hydroxylation is 2. The van der Waals surface area contributed by atoms with Crippen molar-refractivity contribution in [1.82, 2.24) is 15.2 Å². The van der Waals surface area contributed by atoms with Gasteiger partial charge in [-0.05, 0) is 24.5 Å². The molecule has 2 aromatic rings. The van der Waals surface area contributed by atoms with Gasteiger partial charge in [0.15, 0.2) is 5.43 Å². The molecule has 1 aliphatic heterocycles. The van der Waals surface area contributed by atoms with Crippen LogP contribution in [0.1, 0.15) is 40.1 Å². The average molecular weight is 325 g/mol. The number of benzene rings is 1. The third-order valence-corrected chi connectivity index (χ3v) is 4.56. The lowest BCUT2D eigenvalue weighted by Gasteiger charge is -2.36. The van der Waals surface area contributed by atoms with Crippen LogP contribution < -0.4 is 10.7 Å². The molecule has 0 saturated carbocycles. The molecule has 5 nitrogen and oxygen atoms in total. The van der Waals surface area contributed by atoms with Gasteiger partial charge < -0.3 is 15.2 Å². The van der Waals surface area contributed by atoms with Crippen molar-refractivity contribution in [1.29, 1.82) is 0 Å². The highest BCUT2D eigenvalue weighted by molar-refractivity contribution is 5.94. The number of nitrogens with zero attached hydrogens (tertiary/aromatic N) is 1. The van der Waals surface area contributed by atoms with Crippen molar-refractivity contribution < 1.29 is 4.79 Å². The maximum Gasteiger partial charge on any atom is 0.259 e. The van der Waals surface area contributed by atoms with E-state index >= 15 is 0 Å². The zero-order valence-electron chi connectivity index (χ0n) is 14.1. The predicted molar refractivity (Wildman–Crippen MR) is 94.3 cm³/mol. The summed E-state index contributed by atoms with van der Waals surface area (Å²) in [5, 5.41) is 3.34.